The van der Waals surface area contributed by atoms with Crippen LogP contribution in [0.1, 0.15) is 31.1 Å². The van der Waals surface area contributed by atoms with Crippen LogP contribution in [0, 0.1) is 5.92 Å². The van der Waals surface area contributed by atoms with E-state index in [1.54, 1.807) is 32.0 Å². The number of nitrogens with one attached hydrogen (secondary N) is 3. The molecule has 1 aromatic carbocycles. The predicted molar refractivity (Wildman–Crippen MR) is 79.5 cm³/mol. The molecule has 0 bridgehead atoms. The lowest BCUT2D eigenvalue weighted by Crippen LogP contribution is -2.54. The van der Waals surface area contributed by atoms with Gasteiger partial charge in [-0.2, -0.15) is 0 Å². The number of carbonyl (C=O) groups excluding carboxylic acids is 3. The van der Waals surface area contributed by atoms with Gasteiger partial charge in [-0.3, -0.25) is 25.2 Å². The lowest BCUT2D eigenvalue weighted by molar-refractivity contribution is -0.129. The summed E-state index contributed by atoms with van der Waals surface area (Å²) in [5.74, 6) is -1.47. The van der Waals surface area contributed by atoms with Crippen LogP contribution in [0.3, 0.4) is 0 Å². The molecule has 21 heavy (non-hydrogen) atoms. The van der Waals surface area contributed by atoms with Crippen LogP contribution in [0.15, 0.2) is 24.3 Å². The maximum Gasteiger partial charge on any atom is 0.271 e. The fraction of sp³-hybridized carbons (Fsp3) is 0.357. The Morgan fingerprint density at radius 1 is 1.10 bits per heavy atom. The van der Waals surface area contributed by atoms with Crippen molar-refractivity contribution in [3.05, 3.63) is 34.9 Å². The summed E-state index contributed by atoms with van der Waals surface area (Å²) in [6.07, 6.45) is 0. The summed E-state index contributed by atoms with van der Waals surface area (Å²) in [6, 6.07) is 5.75. The third-order valence-corrected chi connectivity index (χ3v) is 3.06. The second kappa shape index (κ2) is 7.64. The molecule has 0 radical (unpaired) electrons. The minimum Gasteiger partial charge on any atom is -0.344 e. The third-order valence-electron chi connectivity index (χ3n) is 2.73. The summed E-state index contributed by atoms with van der Waals surface area (Å²) in [6.45, 7) is 4.90. The van der Waals surface area contributed by atoms with Crippen LogP contribution in [0.4, 0.5) is 0 Å². The number of hydrogen-bond acceptors (Lipinski definition) is 3. The molecule has 0 aliphatic carbocycles. The second-order valence-corrected chi connectivity index (χ2v) is 5.25. The third kappa shape index (κ3) is 5.07. The minimum atomic E-state index is -0.728. The Balaban J connectivity index is 2.65. The first-order valence-electron chi connectivity index (χ1n) is 6.44. The van der Waals surface area contributed by atoms with E-state index in [1.165, 1.54) is 13.0 Å². The lowest BCUT2D eigenvalue weighted by atomic mass is 10.0. The van der Waals surface area contributed by atoms with Gasteiger partial charge >= 0.3 is 0 Å². The Kier molecular flexibility index (Phi) is 6.17. The highest BCUT2D eigenvalue weighted by molar-refractivity contribution is 6.33. The Morgan fingerprint density at radius 3 is 2.24 bits per heavy atom. The summed E-state index contributed by atoms with van der Waals surface area (Å²) in [7, 11) is 0. The molecule has 114 valence electrons. The van der Waals surface area contributed by atoms with Gasteiger partial charge < -0.3 is 5.32 Å². The zero-order valence-electron chi connectivity index (χ0n) is 12.1. The fourth-order valence-electron chi connectivity index (χ4n) is 1.66. The molecule has 0 fully saturated rings. The van der Waals surface area contributed by atoms with Crippen LogP contribution < -0.4 is 16.2 Å². The van der Waals surface area contributed by atoms with Gasteiger partial charge in [0.05, 0.1) is 10.6 Å². The summed E-state index contributed by atoms with van der Waals surface area (Å²) in [5.41, 5.74) is 4.81. The van der Waals surface area contributed by atoms with Crippen molar-refractivity contribution in [1.29, 1.82) is 0 Å². The predicted octanol–water partition coefficient (Wildman–Crippen LogP) is 1.26. The average Bonchev–Trinajstić information content (AvgIpc) is 2.41. The maximum atomic E-state index is 12.0. The smallest absolute Gasteiger partial charge is 0.271 e. The Morgan fingerprint density at radius 2 is 1.71 bits per heavy atom. The summed E-state index contributed by atoms with van der Waals surface area (Å²) in [5, 5.41) is 2.81. The van der Waals surface area contributed by atoms with Crippen LogP contribution in [0.5, 0.6) is 0 Å². The first-order valence-corrected chi connectivity index (χ1v) is 6.82. The molecule has 0 unspecified atom stereocenters. The van der Waals surface area contributed by atoms with Gasteiger partial charge in [0.15, 0.2) is 0 Å². The molecule has 0 aromatic heterocycles. The van der Waals surface area contributed by atoms with Gasteiger partial charge in [0.1, 0.15) is 6.04 Å². The summed E-state index contributed by atoms with van der Waals surface area (Å²) in [4.78, 5) is 34.9. The quantitative estimate of drug-likeness (QED) is 0.732. The molecule has 6 nitrogen and oxygen atoms in total. The number of halogens is 1. The summed E-state index contributed by atoms with van der Waals surface area (Å²) < 4.78 is 0. The van der Waals surface area contributed by atoms with E-state index in [4.69, 9.17) is 11.6 Å². The molecule has 0 aliphatic heterocycles. The van der Waals surface area contributed by atoms with Crippen molar-refractivity contribution in [2.75, 3.05) is 0 Å². The van der Waals surface area contributed by atoms with E-state index in [0.717, 1.165) is 0 Å². The van der Waals surface area contributed by atoms with Gasteiger partial charge in [0.25, 0.3) is 11.8 Å². The molecular weight excluding hydrogens is 294 g/mol. The molecule has 1 aromatic rings. The van der Waals surface area contributed by atoms with Crippen LogP contribution in [-0.4, -0.2) is 23.8 Å². The van der Waals surface area contributed by atoms with Gasteiger partial charge in [0.2, 0.25) is 5.91 Å². The largest absolute Gasteiger partial charge is 0.344 e. The van der Waals surface area contributed by atoms with E-state index in [-0.39, 0.29) is 22.4 Å². The van der Waals surface area contributed by atoms with E-state index < -0.39 is 17.9 Å². The Bertz CT molecular complexity index is 546. The zero-order valence-corrected chi connectivity index (χ0v) is 12.8. The number of amides is 3. The molecule has 0 saturated heterocycles. The van der Waals surface area contributed by atoms with Crippen molar-refractivity contribution in [2.24, 2.45) is 5.92 Å². The lowest BCUT2D eigenvalue weighted by Gasteiger charge is -2.21. The molecule has 0 saturated carbocycles. The molecule has 3 amide bonds. The van der Waals surface area contributed by atoms with Crippen molar-refractivity contribution < 1.29 is 14.4 Å². The monoisotopic (exact) mass is 311 g/mol. The zero-order chi connectivity index (χ0) is 16.0. The number of hydrogen-bond donors (Lipinski definition) is 3. The molecular formula is C14H18ClN3O3. The second-order valence-electron chi connectivity index (χ2n) is 4.85. The first-order chi connectivity index (χ1) is 9.82. The summed E-state index contributed by atoms with van der Waals surface area (Å²) >= 11 is 5.89. The molecule has 1 rings (SSSR count). The standard InChI is InChI=1S/C14H18ClN3O3/c1-8(2)12(16-9(3)19)14(21)18-17-13(20)10-6-4-5-7-11(10)15/h4-8,12H,1-3H3,(H,16,19)(H,17,20)(H,18,21)/t12-/m1/s1. The fourth-order valence-corrected chi connectivity index (χ4v) is 1.88. The van der Waals surface area contributed by atoms with E-state index >= 15 is 0 Å². The highest BCUT2D eigenvalue weighted by atomic mass is 35.5. The molecule has 1 atom stereocenters. The van der Waals surface area contributed by atoms with E-state index in [9.17, 15) is 14.4 Å². The topological polar surface area (TPSA) is 87.3 Å². The Labute approximate surface area is 128 Å². The number of carbonyl (C=O) groups is 3. The minimum absolute atomic E-state index is 0.119. The van der Waals surface area contributed by atoms with Crippen LogP contribution >= 0.6 is 11.6 Å². The molecule has 0 spiro atoms. The van der Waals surface area contributed by atoms with Crippen molar-refractivity contribution in [1.82, 2.24) is 16.2 Å². The van der Waals surface area contributed by atoms with Crippen LogP contribution in [-0.2, 0) is 9.59 Å². The van der Waals surface area contributed by atoms with Crippen LogP contribution in [0.25, 0.3) is 0 Å². The first kappa shape index (κ1) is 17.0. The van der Waals surface area contributed by atoms with Crippen molar-refractivity contribution in [3.8, 4) is 0 Å². The van der Waals surface area contributed by atoms with Crippen molar-refractivity contribution in [3.63, 3.8) is 0 Å². The van der Waals surface area contributed by atoms with Gasteiger partial charge in [-0.25, -0.2) is 0 Å². The van der Waals surface area contributed by atoms with Gasteiger partial charge in [-0.15, -0.1) is 0 Å². The van der Waals surface area contributed by atoms with Gasteiger partial charge in [-0.05, 0) is 18.1 Å². The molecule has 7 heteroatoms. The molecule has 0 heterocycles. The van der Waals surface area contributed by atoms with Crippen molar-refractivity contribution in [2.45, 2.75) is 26.8 Å². The number of benzene rings is 1. The SMILES string of the molecule is CC(=O)N[C@@H](C(=O)NNC(=O)c1ccccc1Cl)C(C)C. The van der Waals surface area contributed by atoms with E-state index in [2.05, 4.69) is 16.2 Å². The van der Waals surface area contributed by atoms with Gasteiger partial charge in [-0.1, -0.05) is 37.6 Å². The molecule has 3 N–H and O–H groups in total. The number of rotatable bonds is 4. The normalized spacial score (nSPS) is 11.7. The number of hydrazine groups is 1. The molecule has 0 aliphatic rings. The Hall–Kier alpha value is -2.08. The van der Waals surface area contributed by atoms with E-state index in [0.29, 0.717) is 0 Å². The van der Waals surface area contributed by atoms with Crippen molar-refractivity contribution >= 4 is 29.3 Å². The maximum absolute atomic E-state index is 12.0. The van der Waals surface area contributed by atoms with E-state index in [1.807, 2.05) is 0 Å². The highest BCUT2D eigenvalue weighted by Gasteiger charge is 2.23. The highest BCUT2D eigenvalue weighted by Crippen LogP contribution is 2.14. The van der Waals surface area contributed by atoms with Crippen LogP contribution in [0.2, 0.25) is 5.02 Å². The average molecular weight is 312 g/mol. The van der Waals surface area contributed by atoms with Gasteiger partial charge in [0, 0.05) is 6.92 Å².